The van der Waals surface area contributed by atoms with Crippen molar-refractivity contribution in [1.29, 1.82) is 0 Å². The monoisotopic (exact) mass is 434 g/mol. The van der Waals surface area contributed by atoms with Gasteiger partial charge in [0.1, 0.15) is 11.9 Å². The van der Waals surface area contributed by atoms with Crippen molar-refractivity contribution < 1.29 is 22.4 Å². The third kappa shape index (κ3) is 6.07. The third-order valence-electron chi connectivity index (χ3n) is 4.01. The van der Waals surface area contributed by atoms with Gasteiger partial charge in [-0.1, -0.05) is 6.07 Å². The van der Waals surface area contributed by atoms with Gasteiger partial charge < -0.3 is 10.6 Å². The first-order chi connectivity index (χ1) is 11.7. The van der Waals surface area contributed by atoms with Crippen LogP contribution in [0.25, 0.3) is 0 Å². The van der Waals surface area contributed by atoms with Crippen molar-refractivity contribution in [3.8, 4) is 0 Å². The van der Waals surface area contributed by atoms with Crippen LogP contribution in [0.4, 0.5) is 4.39 Å². The average molecular weight is 435 g/mol. The second kappa shape index (κ2) is 8.27. The topological polar surface area (TPSA) is 92.3 Å². The highest BCUT2D eigenvalue weighted by atomic mass is 79.9. The zero-order valence-corrected chi connectivity index (χ0v) is 16.1. The average Bonchev–Trinajstić information content (AvgIpc) is 2.87. The highest BCUT2D eigenvalue weighted by Gasteiger charge is 2.28. The van der Waals surface area contributed by atoms with E-state index in [9.17, 15) is 22.4 Å². The Hall–Kier alpha value is -1.48. The van der Waals surface area contributed by atoms with Gasteiger partial charge in [-0.05, 0) is 52.9 Å². The molecule has 138 valence electrons. The highest BCUT2D eigenvalue weighted by molar-refractivity contribution is 9.10. The number of benzene rings is 1. The molecule has 2 amide bonds. The minimum absolute atomic E-state index is 0.0252. The van der Waals surface area contributed by atoms with Crippen LogP contribution < -0.4 is 10.6 Å². The Bertz CT molecular complexity index is 769. The van der Waals surface area contributed by atoms with Crippen LogP contribution in [-0.4, -0.2) is 44.3 Å². The zero-order valence-electron chi connectivity index (χ0n) is 13.7. The van der Waals surface area contributed by atoms with Crippen molar-refractivity contribution in [2.24, 2.45) is 5.92 Å². The minimum Gasteiger partial charge on any atom is -0.354 e. The van der Waals surface area contributed by atoms with Crippen LogP contribution in [0.3, 0.4) is 0 Å². The molecule has 0 spiro atoms. The number of carbonyl (C=O) groups is 2. The molecular formula is C16H20BrFN2O4S. The summed E-state index contributed by atoms with van der Waals surface area (Å²) in [6, 6.07) is 3.54. The van der Waals surface area contributed by atoms with Gasteiger partial charge in [-0.15, -0.1) is 0 Å². The largest absolute Gasteiger partial charge is 0.354 e. The Labute approximate surface area is 154 Å². The van der Waals surface area contributed by atoms with E-state index in [2.05, 4.69) is 26.6 Å². The van der Waals surface area contributed by atoms with Crippen molar-refractivity contribution >= 4 is 37.6 Å². The lowest BCUT2D eigenvalue weighted by atomic mass is 10.1. The molecule has 0 aromatic heterocycles. The molecule has 1 fully saturated rings. The molecule has 9 heteroatoms. The molecule has 1 saturated heterocycles. The number of carbonyl (C=O) groups excluding carboxylic acids is 2. The molecule has 2 N–H and O–H groups in total. The Morgan fingerprint density at radius 2 is 2.12 bits per heavy atom. The van der Waals surface area contributed by atoms with Crippen molar-refractivity contribution in [3.05, 3.63) is 34.1 Å². The van der Waals surface area contributed by atoms with Crippen LogP contribution in [0.15, 0.2) is 22.7 Å². The normalized spacial score (nSPS) is 20.0. The predicted molar refractivity (Wildman–Crippen MR) is 95.2 cm³/mol. The standard InChI is InChI=1S/C16H20BrFN2O4S/c1-10(16(22)19-8-12-4-5-25(23,24)9-12)20-15(21)7-11-2-3-14(18)13(17)6-11/h2-3,6,10,12H,4-5,7-9H2,1H3,(H,19,22)(H,20,21). The van der Waals surface area contributed by atoms with Gasteiger partial charge in [-0.25, -0.2) is 12.8 Å². The SMILES string of the molecule is CC(NC(=O)Cc1ccc(F)c(Br)c1)C(=O)NCC1CCS(=O)(=O)C1. The first-order valence-electron chi connectivity index (χ1n) is 7.88. The molecule has 1 heterocycles. The molecule has 1 aliphatic rings. The maximum absolute atomic E-state index is 13.2. The summed E-state index contributed by atoms with van der Waals surface area (Å²) in [4.78, 5) is 24.0. The van der Waals surface area contributed by atoms with Gasteiger partial charge in [0.05, 0.1) is 22.4 Å². The van der Waals surface area contributed by atoms with E-state index in [0.717, 1.165) is 0 Å². The fourth-order valence-electron chi connectivity index (χ4n) is 2.62. The van der Waals surface area contributed by atoms with E-state index in [4.69, 9.17) is 0 Å². The number of halogens is 2. The molecule has 1 aliphatic heterocycles. The molecule has 1 aromatic rings. The minimum atomic E-state index is -2.98. The lowest BCUT2D eigenvalue weighted by molar-refractivity contribution is -0.128. The predicted octanol–water partition coefficient (Wildman–Crippen LogP) is 1.19. The Kier molecular flexibility index (Phi) is 6.56. The van der Waals surface area contributed by atoms with E-state index < -0.39 is 21.7 Å². The number of rotatable bonds is 6. The Balaban J connectivity index is 1.78. The van der Waals surface area contributed by atoms with Gasteiger partial charge >= 0.3 is 0 Å². The van der Waals surface area contributed by atoms with Crippen LogP contribution in [0.1, 0.15) is 18.9 Å². The molecule has 0 aliphatic carbocycles. The smallest absolute Gasteiger partial charge is 0.242 e. The van der Waals surface area contributed by atoms with E-state index in [1.807, 2.05) is 0 Å². The van der Waals surface area contributed by atoms with E-state index in [1.165, 1.54) is 18.2 Å². The first-order valence-corrected chi connectivity index (χ1v) is 10.5. The number of hydrogen-bond donors (Lipinski definition) is 2. The summed E-state index contributed by atoms with van der Waals surface area (Å²) >= 11 is 3.06. The molecule has 2 unspecified atom stereocenters. The summed E-state index contributed by atoms with van der Waals surface area (Å²) in [5.41, 5.74) is 0.620. The molecule has 25 heavy (non-hydrogen) atoms. The molecule has 0 bridgehead atoms. The highest BCUT2D eigenvalue weighted by Crippen LogP contribution is 2.18. The summed E-state index contributed by atoms with van der Waals surface area (Å²) in [7, 11) is -2.98. The second-order valence-corrected chi connectivity index (χ2v) is 9.31. The quantitative estimate of drug-likeness (QED) is 0.702. The van der Waals surface area contributed by atoms with Gasteiger partial charge in [0, 0.05) is 6.54 Å². The van der Waals surface area contributed by atoms with E-state index in [-0.39, 0.29) is 46.7 Å². The maximum atomic E-state index is 13.2. The Morgan fingerprint density at radius 3 is 2.72 bits per heavy atom. The molecule has 0 radical (unpaired) electrons. The summed E-state index contributed by atoms with van der Waals surface area (Å²) in [6.45, 7) is 1.84. The molecule has 6 nitrogen and oxygen atoms in total. The fraction of sp³-hybridized carbons (Fsp3) is 0.500. The van der Waals surface area contributed by atoms with Gasteiger partial charge in [-0.3, -0.25) is 9.59 Å². The summed E-state index contributed by atoms with van der Waals surface area (Å²) in [5, 5.41) is 5.25. The van der Waals surface area contributed by atoms with Crippen molar-refractivity contribution in [2.75, 3.05) is 18.1 Å². The van der Waals surface area contributed by atoms with Crippen LogP contribution in [0, 0.1) is 11.7 Å². The number of nitrogens with one attached hydrogen (secondary N) is 2. The molecule has 1 aromatic carbocycles. The van der Waals surface area contributed by atoms with E-state index in [0.29, 0.717) is 12.0 Å². The van der Waals surface area contributed by atoms with Gasteiger partial charge in [0.25, 0.3) is 0 Å². The molecular weight excluding hydrogens is 415 g/mol. The third-order valence-corrected chi connectivity index (χ3v) is 6.46. The number of hydrogen-bond acceptors (Lipinski definition) is 4. The lowest BCUT2D eigenvalue weighted by Crippen LogP contribution is -2.46. The van der Waals surface area contributed by atoms with Gasteiger partial charge in [-0.2, -0.15) is 0 Å². The van der Waals surface area contributed by atoms with E-state index >= 15 is 0 Å². The summed E-state index contributed by atoms with van der Waals surface area (Å²) in [6.07, 6.45) is 0.570. The second-order valence-electron chi connectivity index (χ2n) is 6.23. The lowest BCUT2D eigenvalue weighted by Gasteiger charge is -2.16. The maximum Gasteiger partial charge on any atom is 0.242 e. The fourth-order valence-corrected chi connectivity index (χ4v) is 4.91. The molecule has 2 rings (SSSR count). The van der Waals surface area contributed by atoms with Gasteiger partial charge in [0.2, 0.25) is 11.8 Å². The zero-order chi connectivity index (χ0) is 18.6. The summed E-state index contributed by atoms with van der Waals surface area (Å²) < 4.78 is 36.2. The Morgan fingerprint density at radius 1 is 1.40 bits per heavy atom. The number of sulfone groups is 1. The van der Waals surface area contributed by atoms with Crippen LogP contribution >= 0.6 is 15.9 Å². The molecule has 0 saturated carbocycles. The van der Waals surface area contributed by atoms with Crippen molar-refractivity contribution in [2.45, 2.75) is 25.8 Å². The van der Waals surface area contributed by atoms with Crippen LogP contribution in [0.5, 0.6) is 0 Å². The van der Waals surface area contributed by atoms with Crippen LogP contribution in [0.2, 0.25) is 0 Å². The number of amides is 2. The first kappa shape index (κ1) is 19.8. The van der Waals surface area contributed by atoms with Crippen molar-refractivity contribution in [3.63, 3.8) is 0 Å². The summed E-state index contributed by atoms with van der Waals surface area (Å²) in [5.74, 6) is -0.956. The molecule has 2 atom stereocenters. The van der Waals surface area contributed by atoms with Crippen molar-refractivity contribution in [1.82, 2.24) is 10.6 Å². The van der Waals surface area contributed by atoms with Gasteiger partial charge in [0.15, 0.2) is 9.84 Å². The van der Waals surface area contributed by atoms with E-state index in [1.54, 1.807) is 6.92 Å². The van der Waals surface area contributed by atoms with Crippen LogP contribution in [-0.2, 0) is 25.8 Å².